The monoisotopic (exact) mass is 339 g/mol. The van der Waals surface area contributed by atoms with Crippen molar-refractivity contribution in [2.24, 2.45) is 0 Å². The molecule has 0 saturated heterocycles. The molecule has 1 aromatic carbocycles. The van der Waals surface area contributed by atoms with Gasteiger partial charge in [0.1, 0.15) is 0 Å². The minimum Gasteiger partial charge on any atom is -0.465 e. The average Bonchev–Trinajstić information content (AvgIpc) is 2.96. The maximum Gasteiger partial charge on any atom is 0.338 e. The Balaban J connectivity index is 2.43. The maximum atomic E-state index is 11.9. The number of ether oxygens (including phenoxy) is 1. The van der Waals surface area contributed by atoms with E-state index >= 15 is 0 Å². The molecule has 1 aromatic rings. The van der Waals surface area contributed by atoms with E-state index < -0.39 is 0 Å². The fourth-order valence-electron chi connectivity index (χ4n) is 3.13. The van der Waals surface area contributed by atoms with Gasteiger partial charge in [0.05, 0.1) is 12.7 Å². The summed E-state index contributed by atoms with van der Waals surface area (Å²) in [4.78, 5) is 14.3. The quantitative estimate of drug-likeness (QED) is 0.765. The van der Waals surface area contributed by atoms with Crippen molar-refractivity contribution in [3.8, 4) is 0 Å². The predicted octanol–water partition coefficient (Wildman–Crippen LogP) is 4.31. The van der Waals surface area contributed by atoms with Gasteiger partial charge in [0.25, 0.3) is 0 Å². The Hall–Kier alpha value is -1.03. The number of anilines is 1. The third-order valence-electron chi connectivity index (χ3n) is 4.17. The maximum absolute atomic E-state index is 11.9. The molecule has 2 rings (SSSR count). The van der Waals surface area contributed by atoms with E-state index in [2.05, 4.69) is 33.8 Å². The number of hydrogen-bond acceptors (Lipinski definition) is 3. The second kappa shape index (κ2) is 6.61. The summed E-state index contributed by atoms with van der Waals surface area (Å²) < 4.78 is 5.81. The molecular weight excluding hydrogens is 318 g/mol. The van der Waals surface area contributed by atoms with Crippen LogP contribution in [-0.2, 0) is 4.74 Å². The molecule has 0 amide bonds. The van der Waals surface area contributed by atoms with Crippen molar-refractivity contribution in [3.63, 3.8) is 0 Å². The summed E-state index contributed by atoms with van der Waals surface area (Å²) in [6.45, 7) is 5.14. The third-order valence-corrected chi connectivity index (χ3v) is 4.62. The van der Waals surface area contributed by atoms with Crippen molar-refractivity contribution in [1.82, 2.24) is 0 Å². The van der Waals surface area contributed by atoms with Gasteiger partial charge in [-0.3, -0.25) is 0 Å². The zero-order chi connectivity index (χ0) is 14.7. The van der Waals surface area contributed by atoms with Gasteiger partial charge in [0.15, 0.2) is 0 Å². The second-order valence-electron chi connectivity index (χ2n) is 5.31. The largest absolute Gasteiger partial charge is 0.465 e. The van der Waals surface area contributed by atoms with Gasteiger partial charge in [-0.1, -0.05) is 28.8 Å². The van der Waals surface area contributed by atoms with Crippen molar-refractivity contribution in [3.05, 3.63) is 27.7 Å². The zero-order valence-corrected chi connectivity index (χ0v) is 14.0. The van der Waals surface area contributed by atoms with Crippen molar-refractivity contribution in [1.29, 1.82) is 0 Å². The molecule has 1 saturated carbocycles. The molecular formula is C16H22BrNO2. The first-order valence-corrected chi connectivity index (χ1v) is 8.02. The van der Waals surface area contributed by atoms with Crippen LogP contribution in [0, 0.1) is 6.92 Å². The Bertz CT molecular complexity index is 495. The van der Waals surface area contributed by atoms with E-state index in [0.29, 0.717) is 11.6 Å². The van der Waals surface area contributed by atoms with Gasteiger partial charge in [0.2, 0.25) is 0 Å². The Morgan fingerprint density at radius 2 is 2.05 bits per heavy atom. The molecule has 20 heavy (non-hydrogen) atoms. The summed E-state index contributed by atoms with van der Waals surface area (Å²) in [5, 5.41) is 0. The smallest absolute Gasteiger partial charge is 0.338 e. The lowest BCUT2D eigenvalue weighted by Gasteiger charge is -2.32. The molecule has 0 aliphatic heterocycles. The summed E-state index contributed by atoms with van der Waals surface area (Å²) in [6, 6.07) is 4.55. The number of esters is 1. The number of halogens is 1. The molecule has 3 nitrogen and oxygen atoms in total. The highest BCUT2D eigenvalue weighted by atomic mass is 79.9. The average molecular weight is 340 g/mol. The number of carbonyl (C=O) groups is 1. The topological polar surface area (TPSA) is 29.5 Å². The van der Waals surface area contributed by atoms with Gasteiger partial charge in [-0.2, -0.15) is 0 Å². The molecule has 1 aliphatic carbocycles. The van der Waals surface area contributed by atoms with Crippen LogP contribution < -0.4 is 4.90 Å². The molecule has 0 atom stereocenters. The van der Waals surface area contributed by atoms with Crippen LogP contribution in [0.1, 0.15) is 48.5 Å². The summed E-state index contributed by atoms with van der Waals surface area (Å²) in [5.74, 6) is -0.271. The molecule has 0 unspecified atom stereocenters. The first-order valence-electron chi connectivity index (χ1n) is 7.23. The van der Waals surface area contributed by atoms with Crippen LogP contribution in [0.2, 0.25) is 0 Å². The molecule has 1 fully saturated rings. The number of nitrogens with zero attached hydrogens (tertiary/aromatic N) is 1. The van der Waals surface area contributed by atoms with Crippen LogP contribution >= 0.6 is 15.9 Å². The fourth-order valence-corrected chi connectivity index (χ4v) is 3.57. The molecule has 0 heterocycles. The second-order valence-corrected chi connectivity index (χ2v) is 6.23. The lowest BCUT2D eigenvalue weighted by Crippen LogP contribution is -2.33. The molecule has 0 radical (unpaired) electrons. The van der Waals surface area contributed by atoms with Crippen LogP contribution in [0.4, 0.5) is 5.69 Å². The standard InChI is InChI=1S/C16H22BrNO2/c1-4-18(13-7-5-6-8-13)15-10-12(17)9-14(11(15)2)16(19)20-3/h9-10,13H,4-8H2,1-3H3. The highest BCUT2D eigenvalue weighted by Crippen LogP contribution is 2.34. The van der Waals surface area contributed by atoms with Crippen LogP contribution in [0.3, 0.4) is 0 Å². The Morgan fingerprint density at radius 1 is 1.40 bits per heavy atom. The third kappa shape index (κ3) is 3.00. The van der Waals surface area contributed by atoms with Crippen molar-refractivity contribution in [2.75, 3.05) is 18.6 Å². The highest BCUT2D eigenvalue weighted by molar-refractivity contribution is 9.10. The van der Waals surface area contributed by atoms with Crippen LogP contribution in [-0.4, -0.2) is 25.7 Å². The normalized spacial score (nSPS) is 15.4. The molecule has 0 spiro atoms. The van der Waals surface area contributed by atoms with E-state index in [4.69, 9.17) is 4.74 Å². The highest BCUT2D eigenvalue weighted by Gasteiger charge is 2.25. The van der Waals surface area contributed by atoms with Gasteiger partial charge in [0, 0.05) is 22.7 Å². The predicted molar refractivity (Wildman–Crippen MR) is 85.5 cm³/mol. The van der Waals surface area contributed by atoms with Gasteiger partial charge in [-0.05, 0) is 44.4 Å². The summed E-state index contributed by atoms with van der Waals surface area (Å²) in [5.41, 5.74) is 2.80. The molecule has 1 aliphatic rings. The minimum absolute atomic E-state index is 0.271. The summed E-state index contributed by atoms with van der Waals surface area (Å²) in [7, 11) is 1.43. The summed E-state index contributed by atoms with van der Waals surface area (Å²) in [6.07, 6.45) is 5.09. The van der Waals surface area contributed by atoms with E-state index in [0.717, 1.165) is 22.3 Å². The van der Waals surface area contributed by atoms with Crippen molar-refractivity contribution < 1.29 is 9.53 Å². The molecule has 0 aromatic heterocycles. The van der Waals surface area contributed by atoms with Gasteiger partial charge in [-0.25, -0.2) is 4.79 Å². The van der Waals surface area contributed by atoms with E-state index in [1.54, 1.807) is 0 Å². The minimum atomic E-state index is -0.271. The summed E-state index contributed by atoms with van der Waals surface area (Å²) >= 11 is 3.52. The first kappa shape index (κ1) is 15.4. The van der Waals surface area contributed by atoms with Gasteiger partial charge >= 0.3 is 5.97 Å². The molecule has 4 heteroatoms. The van der Waals surface area contributed by atoms with Gasteiger partial charge < -0.3 is 9.64 Å². The number of methoxy groups -OCH3 is 1. The van der Waals surface area contributed by atoms with Gasteiger partial charge in [-0.15, -0.1) is 0 Å². The number of benzene rings is 1. The SMILES string of the molecule is CCN(c1cc(Br)cc(C(=O)OC)c1C)C1CCCC1. The van der Waals surface area contributed by atoms with Crippen LogP contribution in [0.5, 0.6) is 0 Å². The van der Waals surface area contributed by atoms with E-state index in [-0.39, 0.29) is 5.97 Å². The first-order chi connectivity index (χ1) is 9.58. The van der Waals surface area contributed by atoms with Crippen molar-refractivity contribution in [2.45, 2.75) is 45.6 Å². The fraction of sp³-hybridized carbons (Fsp3) is 0.562. The lowest BCUT2D eigenvalue weighted by molar-refractivity contribution is 0.0600. The number of rotatable bonds is 4. The Labute approximate surface area is 129 Å². The van der Waals surface area contributed by atoms with E-state index in [1.807, 2.05) is 13.0 Å². The van der Waals surface area contributed by atoms with Crippen LogP contribution in [0.25, 0.3) is 0 Å². The van der Waals surface area contributed by atoms with E-state index in [1.165, 1.54) is 32.8 Å². The molecule has 0 bridgehead atoms. The molecule has 0 N–H and O–H groups in total. The van der Waals surface area contributed by atoms with Crippen LogP contribution in [0.15, 0.2) is 16.6 Å². The van der Waals surface area contributed by atoms with Crippen molar-refractivity contribution >= 4 is 27.6 Å². The zero-order valence-electron chi connectivity index (χ0n) is 12.4. The lowest BCUT2D eigenvalue weighted by atomic mass is 10.0. The molecule has 110 valence electrons. The number of hydrogen-bond donors (Lipinski definition) is 0. The number of carbonyl (C=O) groups excluding carboxylic acids is 1. The Kier molecular flexibility index (Phi) is 5.08. The van der Waals surface area contributed by atoms with E-state index in [9.17, 15) is 4.79 Å². The Morgan fingerprint density at radius 3 is 2.60 bits per heavy atom.